The summed E-state index contributed by atoms with van der Waals surface area (Å²) in [6.07, 6.45) is 1.95. The Morgan fingerprint density at radius 1 is 1.47 bits per heavy atom. The SMILES string of the molecule is COC(=O)C[C@H]1O[C@H]([C@H](C)C=O)[C@H](C)C[C@H]1C. The molecule has 17 heavy (non-hydrogen) atoms. The lowest BCUT2D eigenvalue weighted by Gasteiger charge is -2.40. The Morgan fingerprint density at radius 3 is 2.65 bits per heavy atom. The van der Waals surface area contributed by atoms with Crippen LogP contribution in [-0.4, -0.2) is 31.6 Å². The summed E-state index contributed by atoms with van der Waals surface area (Å²) in [5.41, 5.74) is 0. The molecular weight excluding hydrogens is 220 g/mol. The smallest absolute Gasteiger partial charge is 0.308 e. The topological polar surface area (TPSA) is 52.6 Å². The third-order valence-corrected chi connectivity index (χ3v) is 3.60. The maximum Gasteiger partial charge on any atom is 0.308 e. The van der Waals surface area contributed by atoms with E-state index in [1.165, 1.54) is 7.11 Å². The van der Waals surface area contributed by atoms with Crippen LogP contribution in [0, 0.1) is 17.8 Å². The highest BCUT2D eigenvalue weighted by molar-refractivity contribution is 5.69. The molecule has 1 saturated heterocycles. The van der Waals surface area contributed by atoms with Crippen LogP contribution in [0.2, 0.25) is 0 Å². The zero-order valence-corrected chi connectivity index (χ0v) is 11.0. The molecule has 0 spiro atoms. The van der Waals surface area contributed by atoms with Crippen molar-refractivity contribution >= 4 is 12.3 Å². The number of carbonyl (C=O) groups excluding carboxylic acids is 2. The monoisotopic (exact) mass is 242 g/mol. The van der Waals surface area contributed by atoms with E-state index >= 15 is 0 Å². The van der Waals surface area contributed by atoms with E-state index in [1.807, 2.05) is 6.92 Å². The van der Waals surface area contributed by atoms with Crippen LogP contribution < -0.4 is 0 Å². The predicted molar refractivity (Wildman–Crippen MR) is 63.5 cm³/mol. The average molecular weight is 242 g/mol. The van der Waals surface area contributed by atoms with Crippen molar-refractivity contribution in [2.75, 3.05) is 7.11 Å². The Hall–Kier alpha value is -0.900. The molecule has 0 radical (unpaired) electrons. The Labute approximate surface area is 103 Å². The van der Waals surface area contributed by atoms with E-state index in [0.29, 0.717) is 11.8 Å². The van der Waals surface area contributed by atoms with Crippen LogP contribution in [-0.2, 0) is 19.1 Å². The summed E-state index contributed by atoms with van der Waals surface area (Å²) in [6.45, 7) is 6.03. The van der Waals surface area contributed by atoms with Crippen LogP contribution in [0.3, 0.4) is 0 Å². The summed E-state index contributed by atoms with van der Waals surface area (Å²) in [7, 11) is 1.38. The lowest BCUT2D eigenvalue weighted by atomic mass is 9.81. The first-order valence-corrected chi connectivity index (χ1v) is 6.17. The van der Waals surface area contributed by atoms with Gasteiger partial charge in [-0.15, -0.1) is 0 Å². The Balaban J connectivity index is 2.66. The standard InChI is InChI=1S/C13H22O4/c1-8-5-9(2)13(10(3)7-14)17-11(8)6-12(15)16-4/h7-11,13H,5-6H2,1-4H3/t8-,9-,10-,11-,13+/m1/s1. The molecule has 0 aromatic heterocycles. The van der Waals surface area contributed by atoms with E-state index in [2.05, 4.69) is 18.6 Å². The molecule has 98 valence electrons. The van der Waals surface area contributed by atoms with Crippen molar-refractivity contribution in [1.82, 2.24) is 0 Å². The molecule has 0 N–H and O–H groups in total. The van der Waals surface area contributed by atoms with E-state index < -0.39 is 0 Å². The predicted octanol–water partition coefficient (Wildman–Crippen LogP) is 1.81. The second-order valence-corrected chi connectivity index (χ2v) is 5.10. The van der Waals surface area contributed by atoms with Crippen LogP contribution in [0.1, 0.15) is 33.6 Å². The van der Waals surface area contributed by atoms with Gasteiger partial charge in [-0.05, 0) is 18.3 Å². The van der Waals surface area contributed by atoms with Crippen molar-refractivity contribution in [2.45, 2.75) is 45.8 Å². The van der Waals surface area contributed by atoms with Gasteiger partial charge in [-0.1, -0.05) is 20.8 Å². The zero-order chi connectivity index (χ0) is 13.0. The second kappa shape index (κ2) is 6.15. The fraction of sp³-hybridized carbons (Fsp3) is 0.846. The Bertz CT molecular complexity index is 277. The summed E-state index contributed by atoms with van der Waals surface area (Å²) in [5, 5.41) is 0. The molecule has 1 heterocycles. The van der Waals surface area contributed by atoms with Gasteiger partial charge in [0.05, 0.1) is 25.7 Å². The highest BCUT2D eigenvalue weighted by Gasteiger charge is 2.37. The van der Waals surface area contributed by atoms with E-state index in [9.17, 15) is 9.59 Å². The first-order valence-electron chi connectivity index (χ1n) is 6.17. The van der Waals surface area contributed by atoms with Gasteiger partial charge in [0.2, 0.25) is 0 Å². The molecule has 0 aliphatic carbocycles. The maximum absolute atomic E-state index is 11.3. The molecule has 0 aromatic rings. The van der Waals surface area contributed by atoms with Gasteiger partial charge in [-0.25, -0.2) is 0 Å². The molecule has 0 unspecified atom stereocenters. The first-order chi connectivity index (χ1) is 7.99. The zero-order valence-electron chi connectivity index (χ0n) is 11.0. The van der Waals surface area contributed by atoms with Gasteiger partial charge in [0.1, 0.15) is 6.29 Å². The summed E-state index contributed by atoms with van der Waals surface area (Å²) >= 11 is 0. The number of ether oxygens (including phenoxy) is 2. The van der Waals surface area contributed by atoms with Gasteiger partial charge in [0.15, 0.2) is 0 Å². The lowest BCUT2D eigenvalue weighted by molar-refractivity contribution is -0.159. The Morgan fingerprint density at radius 2 is 2.12 bits per heavy atom. The maximum atomic E-state index is 11.3. The summed E-state index contributed by atoms with van der Waals surface area (Å²) < 4.78 is 10.6. The molecule has 4 nitrogen and oxygen atoms in total. The molecule has 1 rings (SSSR count). The highest BCUT2D eigenvalue weighted by atomic mass is 16.5. The van der Waals surface area contributed by atoms with Crippen LogP contribution in [0.25, 0.3) is 0 Å². The molecule has 0 amide bonds. The van der Waals surface area contributed by atoms with Crippen molar-refractivity contribution < 1.29 is 19.1 Å². The van der Waals surface area contributed by atoms with Crippen molar-refractivity contribution in [3.63, 3.8) is 0 Å². The molecule has 1 aliphatic heterocycles. The van der Waals surface area contributed by atoms with Crippen LogP contribution in [0.5, 0.6) is 0 Å². The first kappa shape index (κ1) is 14.2. The number of esters is 1. The van der Waals surface area contributed by atoms with Crippen molar-refractivity contribution in [3.05, 3.63) is 0 Å². The molecule has 0 aromatic carbocycles. The number of aldehydes is 1. The highest BCUT2D eigenvalue weighted by Crippen LogP contribution is 2.34. The van der Waals surface area contributed by atoms with Gasteiger partial charge >= 0.3 is 5.97 Å². The van der Waals surface area contributed by atoms with E-state index in [4.69, 9.17) is 4.74 Å². The molecule has 5 atom stereocenters. The molecule has 0 bridgehead atoms. The lowest BCUT2D eigenvalue weighted by Crippen LogP contribution is -2.43. The minimum Gasteiger partial charge on any atom is -0.469 e. The molecule has 1 fully saturated rings. The molecular formula is C13H22O4. The summed E-state index contributed by atoms with van der Waals surface area (Å²) in [5.74, 6) is 0.282. The molecule has 0 saturated carbocycles. The minimum atomic E-state index is -0.256. The van der Waals surface area contributed by atoms with Crippen LogP contribution in [0.15, 0.2) is 0 Å². The summed E-state index contributed by atoms with van der Waals surface area (Å²) in [4.78, 5) is 22.1. The number of methoxy groups -OCH3 is 1. The molecule has 4 heteroatoms. The summed E-state index contributed by atoms with van der Waals surface area (Å²) in [6, 6.07) is 0. The normalized spacial score (nSPS) is 35.1. The van der Waals surface area contributed by atoms with E-state index in [-0.39, 0.29) is 30.5 Å². The number of hydrogen-bond acceptors (Lipinski definition) is 4. The number of carbonyl (C=O) groups is 2. The average Bonchev–Trinajstić information content (AvgIpc) is 2.31. The van der Waals surface area contributed by atoms with Gasteiger partial charge in [-0.2, -0.15) is 0 Å². The van der Waals surface area contributed by atoms with Crippen LogP contribution in [0.4, 0.5) is 0 Å². The van der Waals surface area contributed by atoms with Crippen molar-refractivity contribution in [2.24, 2.45) is 17.8 Å². The largest absolute Gasteiger partial charge is 0.469 e. The van der Waals surface area contributed by atoms with Crippen LogP contribution >= 0.6 is 0 Å². The quantitative estimate of drug-likeness (QED) is 0.557. The second-order valence-electron chi connectivity index (χ2n) is 5.10. The van der Waals surface area contributed by atoms with E-state index in [0.717, 1.165) is 12.7 Å². The third kappa shape index (κ3) is 3.53. The number of rotatable bonds is 4. The van der Waals surface area contributed by atoms with E-state index in [1.54, 1.807) is 0 Å². The van der Waals surface area contributed by atoms with Crippen molar-refractivity contribution in [1.29, 1.82) is 0 Å². The van der Waals surface area contributed by atoms with Gasteiger partial charge in [0, 0.05) is 5.92 Å². The van der Waals surface area contributed by atoms with Crippen molar-refractivity contribution in [3.8, 4) is 0 Å². The fourth-order valence-corrected chi connectivity index (χ4v) is 2.56. The van der Waals surface area contributed by atoms with Gasteiger partial charge in [0.25, 0.3) is 0 Å². The van der Waals surface area contributed by atoms with Gasteiger partial charge < -0.3 is 14.3 Å². The van der Waals surface area contributed by atoms with Gasteiger partial charge in [-0.3, -0.25) is 4.79 Å². The number of hydrogen-bond donors (Lipinski definition) is 0. The Kier molecular flexibility index (Phi) is 5.12. The third-order valence-electron chi connectivity index (χ3n) is 3.60. The fourth-order valence-electron chi connectivity index (χ4n) is 2.56. The molecule has 1 aliphatic rings. The minimum absolute atomic E-state index is 0.0849.